The number of carbonyl (C=O) groups excluding carboxylic acids is 1. The van der Waals surface area contributed by atoms with Crippen molar-refractivity contribution < 1.29 is 14.3 Å². The molecule has 2 aromatic carbocycles. The summed E-state index contributed by atoms with van der Waals surface area (Å²) in [5.41, 5.74) is 1.96. The Morgan fingerprint density at radius 3 is 2.83 bits per heavy atom. The van der Waals surface area contributed by atoms with Gasteiger partial charge in [0.25, 0.3) is 0 Å². The lowest BCUT2D eigenvalue weighted by molar-refractivity contribution is -0.117. The van der Waals surface area contributed by atoms with E-state index in [2.05, 4.69) is 15.4 Å². The Hall–Kier alpha value is -3.61. The first-order valence-electron chi connectivity index (χ1n) is 9.51. The van der Waals surface area contributed by atoms with Gasteiger partial charge in [-0.05, 0) is 24.1 Å². The van der Waals surface area contributed by atoms with Crippen molar-refractivity contribution in [2.45, 2.75) is 19.0 Å². The van der Waals surface area contributed by atoms with Crippen LogP contribution in [-0.2, 0) is 17.8 Å². The highest BCUT2D eigenvalue weighted by Gasteiger charge is 2.15. The third kappa shape index (κ3) is 5.01. The van der Waals surface area contributed by atoms with Crippen LogP contribution < -0.4 is 14.8 Å². The van der Waals surface area contributed by atoms with Crippen molar-refractivity contribution in [3.05, 3.63) is 78.4 Å². The summed E-state index contributed by atoms with van der Waals surface area (Å²) < 4.78 is 13.0. The highest BCUT2D eigenvalue weighted by Crippen LogP contribution is 2.34. The molecule has 1 aromatic heterocycles. The predicted molar refractivity (Wildman–Crippen MR) is 109 cm³/mol. The zero-order valence-corrected chi connectivity index (χ0v) is 15.9. The SMILES string of the molecule is O=C(/C=C/c1cccc2c1OCCO2)NC(Cc1ccccc1)Cn1cncn1. The van der Waals surface area contributed by atoms with E-state index in [-0.39, 0.29) is 11.9 Å². The number of benzene rings is 2. The number of aromatic nitrogens is 3. The molecule has 7 nitrogen and oxygen atoms in total. The van der Waals surface area contributed by atoms with E-state index in [0.717, 1.165) is 11.1 Å². The summed E-state index contributed by atoms with van der Waals surface area (Å²) in [5, 5.41) is 7.22. The molecule has 1 aliphatic heterocycles. The number of nitrogens with zero attached hydrogens (tertiary/aromatic N) is 3. The number of para-hydroxylation sites is 1. The lowest BCUT2D eigenvalue weighted by Crippen LogP contribution is -2.38. The topological polar surface area (TPSA) is 78.3 Å². The normalized spacial score (nSPS) is 13.9. The summed E-state index contributed by atoms with van der Waals surface area (Å²) in [6, 6.07) is 15.6. The van der Waals surface area contributed by atoms with Gasteiger partial charge in [-0.15, -0.1) is 0 Å². The van der Waals surface area contributed by atoms with E-state index in [1.54, 1.807) is 17.1 Å². The molecule has 0 fully saturated rings. The van der Waals surface area contributed by atoms with Gasteiger partial charge in [-0.25, -0.2) is 4.98 Å². The van der Waals surface area contributed by atoms with E-state index >= 15 is 0 Å². The number of hydrogen-bond donors (Lipinski definition) is 1. The maximum Gasteiger partial charge on any atom is 0.244 e. The fourth-order valence-electron chi connectivity index (χ4n) is 3.25. The molecule has 1 atom stereocenters. The first kappa shape index (κ1) is 18.7. The Bertz CT molecular complexity index is 971. The van der Waals surface area contributed by atoms with Crippen LogP contribution in [-0.4, -0.2) is 39.9 Å². The molecule has 0 bridgehead atoms. The number of amides is 1. The summed E-state index contributed by atoms with van der Waals surface area (Å²) in [6.07, 6.45) is 7.10. The van der Waals surface area contributed by atoms with Crippen molar-refractivity contribution >= 4 is 12.0 Å². The van der Waals surface area contributed by atoms with E-state index in [4.69, 9.17) is 9.47 Å². The van der Waals surface area contributed by atoms with Gasteiger partial charge in [0.05, 0.1) is 12.6 Å². The van der Waals surface area contributed by atoms with E-state index in [0.29, 0.717) is 37.7 Å². The van der Waals surface area contributed by atoms with E-state index in [1.807, 2.05) is 48.5 Å². The summed E-state index contributed by atoms with van der Waals surface area (Å²) in [7, 11) is 0. The number of nitrogens with one attached hydrogen (secondary N) is 1. The van der Waals surface area contributed by atoms with Crippen LogP contribution in [0.25, 0.3) is 6.08 Å². The van der Waals surface area contributed by atoms with E-state index < -0.39 is 0 Å². The lowest BCUT2D eigenvalue weighted by Gasteiger charge is -2.20. The van der Waals surface area contributed by atoms with Crippen molar-refractivity contribution in [1.29, 1.82) is 0 Å². The van der Waals surface area contributed by atoms with Crippen molar-refractivity contribution in [3.63, 3.8) is 0 Å². The van der Waals surface area contributed by atoms with Gasteiger partial charge in [0.1, 0.15) is 25.9 Å². The zero-order chi connectivity index (χ0) is 19.9. The molecule has 1 N–H and O–H groups in total. The highest BCUT2D eigenvalue weighted by molar-refractivity contribution is 5.92. The average Bonchev–Trinajstić information content (AvgIpc) is 3.26. The fraction of sp³-hybridized carbons (Fsp3) is 0.227. The van der Waals surface area contributed by atoms with Gasteiger partial charge in [0, 0.05) is 11.6 Å². The van der Waals surface area contributed by atoms with Crippen LogP contribution in [0.3, 0.4) is 0 Å². The summed E-state index contributed by atoms with van der Waals surface area (Å²) in [6.45, 7) is 1.57. The van der Waals surface area contributed by atoms with E-state index in [9.17, 15) is 4.79 Å². The van der Waals surface area contributed by atoms with Crippen molar-refractivity contribution in [2.24, 2.45) is 0 Å². The molecule has 0 spiro atoms. The molecular weight excluding hydrogens is 368 g/mol. The summed E-state index contributed by atoms with van der Waals surface area (Å²) >= 11 is 0. The molecule has 3 aromatic rings. The summed E-state index contributed by atoms with van der Waals surface area (Å²) in [5.74, 6) is 1.19. The largest absolute Gasteiger partial charge is 0.486 e. The Kier molecular flexibility index (Phi) is 5.85. The predicted octanol–water partition coefficient (Wildman–Crippen LogP) is 2.49. The second-order valence-electron chi connectivity index (χ2n) is 6.72. The van der Waals surface area contributed by atoms with Gasteiger partial charge in [-0.3, -0.25) is 9.48 Å². The number of carbonyl (C=O) groups is 1. The van der Waals surface area contributed by atoms with Crippen molar-refractivity contribution in [3.8, 4) is 11.5 Å². The van der Waals surface area contributed by atoms with E-state index in [1.165, 1.54) is 12.4 Å². The number of fused-ring (bicyclic) bond motifs is 1. The minimum absolute atomic E-state index is 0.125. The molecule has 4 rings (SSSR count). The van der Waals surface area contributed by atoms with Crippen LogP contribution >= 0.6 is 0 Å². The first-order valence-corrected chi connectivity index (χ1v) is 9.51. The first-order chi connectivity index (χ1) is 14.3. The van der Waals surface area contributed by atoms with Gasteiger partial charge < -0.3 is 14.8 Å². The Morgan fingerprint density at radius 1 is 1.14 bits per heavy atom. The van der Waals surface area contributed by atoms with Crippen LogP contribution in [0, 0.1) is 0 Å². The van der Waals surface area contributed by atoms with Crippen LogP contribution in [0.5, 0.6) is 11.5 Å². The molecule has 0 saturated carbocycles. The molecule has 148 valence electrons. The average molecular weight is 390 g/mol. The maximum atomic E-state index is 12.6. The molecule has 29 heavy (non-hydrogen) atoms. The standard InChI is InChI=1S/C22H22N4O3/c27-21(10-9-18-7-4-8-20-22(18)29-12-11-28-20)25-19(14-26-16-23-15-24-26)13-17-5-2-1-3-6-17/h1-10,15-16,19H,11-14H2,(H,25,27)/b10-9+. The van der Waals surface area contributed by atoms with Crippen LogP contribution in [0.4, 0.5) is 0 Å². The number of ether oxygens (including phenoxy) is 2. The third-order valence-corrected chi connectivity index (χ3v) is 4.56. The Morgan fingerprint density at radius 2 is 2.00 bits per heavy atom. The highest BCUT2D eigenvalue weighted by atomic mass is 16.6. The molecule has 1 amide bonds. The smallest absolute Gasteiger partial charge is 0.244 e. The number of rotatable bonds is 7. The minimum atomic E-state index is -0.180. The lowest BCUT2D eigenvalue weighted by atomic mass is 10.1. The fourth-order valence-corrected chi connectivity index (χ4v) is 3.25. The molecule has 2 heterocycles. The third-order valence-electron chi connectivity index (χ3n) is 4.56. The summed E-state index contributed by atoms with van der Waals surface area (Å²) in [4.78, 5) is 16.6. The number of hydrogen-bond acceptors (Lipinski definition) is 5. The minimum Gasteiger partial charge on any atom is -0.486 e. The molecule has 0 saturated heterocycles. The zero-order valence-electron chi connectivity index (χ0n) is 15.9. The van der Waals surface area contributed by atoms with Crippen LogP contribution in [0.15, 0.2) is 67.3 Å². The van der Waals surface area contributed by atoms with Gasteiger partial charge in [-0.1, -0.05) is 42.5 Å². The molecule has 1 aliphatic rings. The molecule has 1 unspecified atom stereocenters. The molecule has 0 aliphatic carbocycles. The molecule has 0 radical (unpaired) electrons. The Labute approximate surface area is 169 Å². The van der Waals surface area contributed by atoms with Gasteiger partial charge in [-0.2, -0.15) is 5.10 Å². The maximum absolute atomic E-state index is 12.6. The molecule has 7 heteroatoms. The second-order valence-corrected chi connectivity index (χ2v) is 6.72. The molecular formula is C22H22N4O3. The van der Waals surface area contributed by atoms with Gasteiger partial charge >= 0.3 is 0 Å². The van der Waals surface area contributed by atoms with Gasteiger partial charge in [0.15, 0.2) is 11.5 Å². The Balaban J connectivity index is 1.45. The van der Waals surface area contributed by atoms with Crippen molar-refractivity contribution in [2.75, 3.05) is 13.2 Å². The second kappa shape index (κ2) is 9.05. The van der Waals surface area contributed by atoms with Gasteiger partial charge in [0.2, 0.25) is 5.91 Å². The van der Waals surface area contributed by atoms with Crippen molar-refractivity contribution in [1.82, 2.24) is 20.1 Å². The van der Waals surface area contributed by atoms with Crippen LogP contribution in [0.1, 0.15) is 11.1 Å². The monoisotopic (exact) mass is 390 g/mol. The quantitative estimate of drug-likeness (QED) is 0.627. The van der Waals surface area contributed by atoms with Crippen LogP contribution in [0.2, 0.25) is 0 Å².